The van der Waals surface area contributed by atoms with Gasteiger partial charge < -0.3 is 14.9 Å². The second kappa shape index (κ2) is 6.87. The van der Waals surface area contributed by atoms with Gasteiger partial charge in [-0.3, -0.25) is 9.78 Å². The highest BCUT2D eigenvalue weighted by Gasteiger charge is 2.23. The van der Waals surface area contributed by atoms with Crippen molar-refractivity contribution in [1.82, 2.24) is 19.7 Å². The number of carbonyl (C=O) groups excluding carboxylic acids is 1. The number of aromatic hydroxyl groups is 1. The fraction of sp³-hybridized carbons (Fsp3) is 0.211. The lowest BCUT2D eigenvalue weighted by Gasteiger charge is -2.36. The Labute approximate surface area is 151 Å². The molecule has 1 amide bonds. The van der Waals surface area contributed by atoms with Gasteiger partial charge in [0.1, 0.15) is 11.4 Å². The van der Waals surface area contributed by atoms with Gasteiger partial charge in [0.15, 0.2) is 0 Å². The fourth-order valence-electron chi connectivity index (χ4n) is 3.12. The van der Waals surface area contributed by atoms with Crippen molar-refractivity contribution in [3.05, 3.63) is 66.7 Å². The van der Waals surface area contributed by atoms with Gasteiger partial charge in [-0.2, -0.15) is 5.10 Å². The third-order valence-corrected chi connectivity index (χ3v) is 4.49. The summed E-state index contributed by atoms with van der Waals surface area (Å²) in [6, 6.07) is 12.6. The summed E-state index contributed by atoms with van der Waals surface area (Å²) in [7, 11) is 0. The molecular weight excluding hydrogens is 330 g/mol. The number of phenolic OH excluding ortho intramolecular Hbond substituents is 1. The summed E-state index contributed by atoms with van der Waals surface area (Å²) in [6.07, 6.45) is 5.16. The summed E-state index contributed by atoms with van der Waals surface area (Å²) >= 11 is 0. The van der Waals surface area contributed by atoms with Gasteiger partial charge in [0.25, 0.3) is 5.91 Å². The molecule has 0 aliphatic carbocycles. The van der Waals surface area contributed by atoms with Gasteiger partial charge in [0.2, 0.25) is 0 Å². The molecule has 3 heterocycles. The number of hydrogen-bond donors (Lipinski definition) is 1. The number of rotatable bonds is 3. The van der Waals surface area contributed by atoms with E-state index in [1.165, 1.54) is 0 Å². The molecule has 132 valence electrons. The van der Waals surface area contributed by atoms with Crippen LogP contribution in [0.5, 0.6) is 5.75 Å². The number of phenols is 1. The molecule has 1 N–H and O–H groups in total. The van der Waals surface area contributed by atoms with Crippen LogP contribution in [0.25, 0.3) is 5.69 Å². The summed E-state index contributed by atoms with van der Waals surface area (Å²) in [5.74, 6) is 0.176. The zero-order valence-corrected chi connectivity index (χ0v) is 14.2. The first-order chi connectivity index (χ1) is 12.7. The molecule has 4 rings (SSSR count). The third-order valence-electron chi connectivity index (χ3n) is 4.49. The minimum absolute atomic E-state index is 0.0745. The van der Waals surface area contributed by atoms with E-state index < -0.39 is 0 Å². The van der Waals surface area contributed by atoms with Crippen molar-refractivity contribution in [2.45, 2.75) is 0 Å². The van der Waals surface area contributed by atoms with Crippen molar-refractivity contribution in [2.75, 3.05) is 31.1 Å². The molecule has 1 fully saturated rings. The van der Waals surface area contributed by atoms with Crippen LogP contribution in [-0.4, -0.2) is 56.9 Å². The molecule has 0 atom stereocenters. The Kier molecular flexibility index (Phi) is 4.27. The normalized spacial score (nSPS) is 14.5. The van der Waals surface area contributed by atoms with Gasteiger partial charge in [-0.15, -0.1) is 0 Å². The van der Waals surface area contributed by atoms with E-state index in [0.29, 0.717) is 31.9 Å². The summed E-state index contributed by atoms with van der Waals surface area (Å²) in [6.45, 7) is 2.66. The Morgan fingerprint density at radius 2 is 1.81 bits per heavy atom. The van der Waals surface area contributed by atoms with Gasteiger partial charge >= 0.3 is 0 Å². The number of anilines is 1. The smallest absolute Gasteiger partial charge is 0.272 e. The minimum atomic E-state index is -0.0745. The predicted molar refractivity (Wildman–Crippen MR) is 97.6 cm³/mol. The minimum Gasteiger partial charge on any atom is -0.508 e. The number of aromatic nitrogens is 3. The van der Waals surface area contributed by atoms with Crippen LogP contribution in [0.3, 0.4) is 0 Å². The number of pyridine rings is 1. The van der Waals surface area contributed by atoms with Gasteiger partial charge in [0, 0.05) is 56.5 Å². The van der Waals surface area contributed by atoms with Crippen LogP contribution in [0.1, 0.15) is 10.5 Å². The molecule has 3 aromatic rings. The van der Waals surface area contributed by atoms with Crippen LogP contribution in [0, 0.1) is 0 Å². The highest BCUT2D eigenvalue weighted by Crippen LogP contribution is 2.21. The molecule has 2 aromatic heterocycles. The van der Waals surface area contributed by atoms with Gasteiger partial charge in [0.05, 0.1) is 5.69 Å². The van der Waals surface area contributed by atoms with Crippen LogP contribution in [0.4, 0.5) is 5.69 Å². The first-order valence-corrected chi connectivity index (χ1v) is 8.50. The second-order valence-electron chi connectivity index (χ2n) is 6.15. The maximum Gasteiger partial charge on any atom is 0.272 e. The summed E-state index contributed by atoms with van der Waals surface area (Å²) in [5, 5.41) is 13.8. The van der Waals surface area contributed by atoms with Crippen LogP contribution in [-0.2, 0) is 0 Å². The monoisotopic (exact) mass is 349 g/mol. The Hall–Kier alpha value is -3.35. The van der Waals surface area contributed by atoms with Gasteiger partial charge in [-0.05, 0) is 30.3 Å². The first-order valence-electron chi connectivity index (χ1n) is 8.50. The molecule has 1 aliphatic heterocycles. The van der Waals surface area contributed by atoms with E-state index in [4.69, 9.17) is 0 Å². The van der Waals surface area contributed by atoms with E-state index in [-0.39, 0.29) is 11.7 Å². The van der Waals surface area contributed by atoms with E-state index in [0.717, 1.165) is 11.4 Å². The molecule has 7 nitrogen and oxygen atoms in total. The summed E-state index contributed by atoms with van der Waals surface area (Å²) in [4.78, 5) is 21.0. The number of hydrogen-bond acceptors (Lipinski definition) is 5. The second-order valence-corrected chi connectivity index (χ2v) is 6.15. The van der Waals surface area contributed by atoms with Crippen molar-refractivity contribution in [2.24, 2.45) is 0 Å². The third kappa shape index (κ3) is 3.23. The maximum atomic E-state index is 12.8. The molecular formula is C19H19N5O2. The van der Waals surface area contributed by atoms with Crippen molar-refractivity contribution >= 4 is 11.6 Å². The standard InChI is InChI=1S/C19H19N5O2/c25-17-4-1-3-15(13-17)22-9-11-23(12-10-22)19(26)18-14-16(5-7-20-18)24-8-2-6-21-24/h1-8,13-14,25H,9-12H2. The Balaban J connectivity index is 1.45. The maximum absolute atomic E-state index is 12.8. The molecule has 7 heteroatoms. The average Bonchev–Trinajstić information content (AvgIpc) is 3.23. The summed E-state index contributed by atoms with van der Waals surface area (Å²) in [5.41, 5.74) is 2.20. The number of carbonyl (C=O) groups is 1. The number of nitrogens with zero attached hydrogens (tertiary/aromatic N) is 5. The van der Waals surface area contributed by atoms with Crippen LogP contribution in [0.15, 0.2) is 61.1 Å². The van der Waals surface area contributed by atoms with Crippen molar-refractivity contribution in [3.8, 4) is 11.4 Å². The number of piperazine rings is 1. The lowest BCUT2D eigenvalue weighted by Crippen LogP contribution is -2.49. The van der Waals surface area contributed by atoms with Crippen LogP contribution in [0.2, 0.25) is 0 Å². The molecule has 0 radical (unpaired) electrons. The molecule has 0 bridgehead atoms. The molecule has 0 spiro atoms. The fourth-order valence-corrected chi connectivity index (χ4v) is 3.12. The van der Waals surface area contributed by atoms with Crippen molar-refractivity contribution in [3.63, 3.8) is 0 Å². The molecule has 26 heavy (non-hydrogen) atoms. The molecule has 1 aliphatic rings. The van der Waals surface area contributed by atoms with E-state index >= 15 is 0 Å². The van der Waals surface area contributed by atoms with Crippen LogP contribution < -0.4 is 4.90 Å². The number of amides is 1. The highest BCUT2D eigenvalue weighted by atomic mass is 16.3. The Morgan fingerprint density at radius 3 is 2.54 bits per heavy atom. The van der Waals surface area contributed by atoms with Crippen molar-refractivity contribution < 1.29 is 9.90 Å². The zero-order valence-electron chi connectivity index (χ0n) is 14.2. The van der Waals surface area contributed by atoms with Crippen LogP contribution >= 0.6 is 0 Å². The van der Waals surface area contributed by atoms with Gasteiger partial charge in [-0.1, -0.05) is 6.07 Å². The first kappa shape index (κ1) is 16.1. The highest BCUT2D eigenvalue weighted by molar-refractivity contribution is 5.93. The Bertz CT molecular complexity index is 902. The topological polar surface area (TPSA) is 74.5 Å². The van der Waals surface area contributed by atoms with E-state index in [2.05, 4.69) is 15.0 Å². The average molecular weight is 349 g/mol. The molecule has 0 saturated carbocycles. The SMILES string of the molecule is O=C(c1cc(-n2cccn2)ccn1)N1CCN(c2cccc(O)c2)CC1. The Morgan fingerprint density at radius 1 is 0.962 bits per heavy atom. The van der Waals surface area contributed by atoms with Gasteiger partial charge in [-0.25, -0.2) is 4.68 Å². The van der Waals surface area contributed by atoms with E-state index in [1.54, 1.807) is 35.3 Å². The largest absolute Gasteiger partial charge is 0.508 e. The number of benzene rings is 1. The van der Waals surface area contributed by atoms with E-state index in [1.807, 2.05) is 35.4 Å². The van der Waals surface area contributed by atoms with E-state index in [9.17, 15) is 9.90 Å². The summed E-state index contributed by atoms with van der Waals surface area (Å²) < 4.78 is 1.71. The van der Waals surface area contributed by atoms with Crippen molar-refractivity contribution in [1.29, 1.82) is 0 Å². The zero-order chi connectivity index (χ0) is 17.9. The molecule has 1 aromatic carbocycles. The molecule has 1 saturated heterocycles. The lowest BCUT2D eigenvalue weighted by molar-refractivity contribution is 0.0741. The molecule has 0 unspecified atom stereocenters. The lowest BCUT2D eigenvalue weighted by atomic mass is 10.2. The predicted octanol–water partition coefficient (Wildman–Crippen LogP) is 1.94. The quantitative estimate of drug-likeness (QED) is 0.782.